The molecule has 2 aromatic carbocycles. The van der Waals surface area contributed by atoms with Crippen LogP contribution in [0.25, 0.3) is 0 Å². The van der Waals surface area contributed by atoms with E-state index in [0.29, 0.717) is 0 Å². The van der Waals surface area contributed by atoms with E-state index in [9.17, 15) is 14.4 Å². The Morgan fingerprint density at radius 2 is 1.57 bits per heavy atom. The fraction of sp³-hybridized carbons (Fsp3) is 0.433. The van der Waals surface area contributed by atoms with E-state index in [2.05, 4.69) is 17.2 Å². The van der Waals surface area contributed by atoms with Crippen LogP contribution in [-0.4, -0.2) is 47.0 Å². The van der Waals surface area contributed by atoms with Crippen LogP contribution in [0.15, 0.2) is 61.2 Å². The molecule has 0 spiro atoms. The molecule has 0 fully saturated rings. The third kappa shape index (κ3) is 8.77. The fourth-order valence-electron chi connectivity index (χ4n) is 4.21. The molecule has 0 aliphatic carbocycles. The quantitative estimate of drug-likeness (QED) is 0.442. The zero-order valence-corrected chi connectivity index (χ0v) is 23.1. The van der Waals surface area contributed by atoms with Crippen LogP contribution in [-0.2, 0) is 20.7 Å². The number of carbonyl (C=O) groups excluding carboxylic acids is 3. The summed E-state index contributed by atoms with van der Waals surface area (Å²) in [7, 11) is 0. The highest BCUT2D eigenvalue weighted by atomic mass is 16.6. The summed E-state index contributed by atoms with van der Waals surface area (Å²) in [6.45, 7) is 16.8. The molecule has 2 N–H and O–H groups in total. The molecule has 37 heavy (non-hydrogen) atoms. The number of rotatable bonds is 10. The summed E-state index contributed by atoms with van der Waals surface area (Å²) in [4.78, 5) is 42.1. The first-order valence-electron chi connectivity index (χ1n) is 12.6. The van der Waals surface area contributed by atoms with Gasteiger partial charge in [-0.1, -0.05) is 54.6 Å². The summed E-state index contributed by atoms with van der Waals surface area (Å²) in [5.41, 5.74) is 2.68. The van der Waals surface area contributed by atoms with Gasteiger partial charge >= 0.3 is 6.09 Å². The predicted octanol–water partition coefficient (Wildman–Crippen LogP) is 5.02. The number of nitrogens with one attached hydrogen (secondary N) is 2. The van der Waals surface area contributed by atoms with E-state index >= 15 is 0 Å². The van der Waals surface area contributed by atoms with Gasteiger partial charge in [0.2, 0.25) is 11.8 Å². The van der Waals surface area contributed by atoms with Crippen molar-refractivity contribution in [1.29, 1.82) is 0 Å². The largest absolute Gasteiger partial charge is 0.444 e. The second-order valence-corrected chi connectivity index (χ2v) is 10.5. The Bertz CT molecular complexity index is 1070. The molecule has 0 aliphatic heterocycles. The number of ether oxygens (including phenoxy) is 1. The first kappa shape index (κ1) is 29.6. The number of carbonyl (C=O) groups is 3. The maximum atomic E-state index is 14.2. The second-order valence-electron chi connectivity index (χ2n) is 10.5. The Kier molecular flexibility index (Phi) is 10.5. The number of hydrogen-bond donors (Lipinski definition) is 2. The Morgan fingerprint density at radius 3 is 2.08 bits per heavy atom. The molecule has 2 unspecified atom stereocenters. The lowest BCUT2D eigenvalue weighted by atomic mass is 9.93. The molecule has 2 rings (SSSR count). The summed E-state index contributed by atoms with van der Waals surface area (Å²) < 4.78 is 5.46. The third-order valence-corrected chi connectivity index (χ3v) is 5.69. The Morgan fingerprint density at radius 1 is 0.973 bits per heavy atom. The van der Waals surface area contributed by atoms with Gasteiger partial charge < -0.3 is 20.3 Å². The fourth-order valence-corrected chi connectivity index (χ4v) is 4.21. The van der Waals surface area contributed by atoms with Gasteiger partial charge in [0, 0.05) is 19.0 Å². The maximum Gasteiger partial charge on any atom is 0.408 e. The van der Waals surface area contributed by atoms with E-state index in [1.807, 2.05) is 76.2 Å². The molecule has 0 aromatic heterocycles. The van der Waals surface area contributed by atoms with Gasteiger partial charge in [0.1, 0.15) is 17.7 Å². The van der Waals surface area contributed by atoms with Gasteiger partial charge in [0.05, 0.1) is 0 Å². The van der Waals surface area contributed by atoms with E-state index < -0.39 is 29.7 Å². The molecule has 0 saturated carbocycles. The van der Waals surface area contributed by atoms with Crippen LogP contribution in [0.2, 0.25) is 0 Å². The van der Waals surface area contributed by atoms with Crippen molar-refractivity contribution in [3.05, 3.63) is 83.4 Å². The lowest BCUT2D eigenvalue weighted by Gasteiger charge is -2.35. The van der Waals surface area contributed by atoms with Crippen molar-refractivity contribution in [3.63, 3.8) is 0 Å². The van der Waals surface area contributed by atoms with Crippen molar-refractivity contribution in [2.24, 2.45) is 0 Å². The topological polar surface area (TPSA) is 87.7 Å². The van der Waals surface area contributed by atoms with Crippen LogP contribution >= 0.6 is 0 Å². The van der Waals surface area contributed by atoms with E-state index in [0.717, 1.165) is 22.3 Å². The van der Waals surface area contributed by atoms with Gasteiger partial charge in [-0.05, 0) is 70.7 Å². The summed E-state index contributed by atoms with van der Waals surface area (Å²) in [5, 5.41) is 5.73. The molecular formula is C30H41N3O4. The molecule has 0 radical (unpaired) electrons. The lowest BCUT2D eigenvalue weighted by molar-refractivity contribution is -0.142. The molecule has 0 bridgehead atoms. The summed E-state index contributed by atoms with van der Waals surface area (Å²) in [5.74, 6) is -0.695. The van der Waals surface area contributed by atoms with Crippen LogP contribution < -0.4 is 10.6 Å². The highest BCUT2D eigenvalue weighted by Gasteiger charge is 2.37. The van der Waals surface area contributed by atoms with Crippen molar-refractivity contribution >= 4 is 17.9 Å². The molecule has 0 heterocycles. The van der Waals surface area contributed by atoms with E-state index in [4.69, 9.17) is 4.74 Å². The minimum Gasteiger partial charge on any atom is -0.444 e. The summed E-state index contributed by atoms with van der Waals surface area (Å²) in [6, 6.07) is 13.2. The van der Waals surface area contributed by atoms with Crippen LogP contribution in [0.5, 0.6) is 0 Å². The summed E-state index contributed by atoms with van der Waals surface area (Å²) >= 11 is 0. The molecule has 0 aliphatic rings. The standard InChI is InChI=1S/C30H41N3O4/c1-9-18-33(26(27(34)31-20(2)3)25-21(4)14-13-15-22(25)5)28(35)24(19-23-16-11-10-12-17-23)32-29(36)37-30(6,7)8/h9-17,20,24,26H,1,18-19H2,2-8H3,(H,31,34)(H,32,36). The number of alkyl carbamates (subject to hydrolysis) is 1. The molecule has 2 atom stereocenters. The van der Waals surface area contributed by atoms with Crippen LogP contribution in [0.4, 0.5) is 4.79 Å². The average molecular weight is 508 g/mol. The van der Waals surface area contributed by atoms with Crippen molar-refractivity contribution in [2.45, 2.75) is 78.6 Å². The maximum absolute atomic E-state index is 14.2. The van der Waals surface area contributed by atoms with Crippen LogP contribution in [0, 0.1) is 13.8 Å². The minimum absolute atomic E-state index is 0.115. The van der Waals surface area contributed by atoms with Crippen LogP contribution in [0.1, 0.15) is 62.9 Å². The molecule has 2 aromatic rings. The summed E-state index contributed by atoms with van der Waals surface area (Å²) in [6.07, 6.45) is 1.13. The zero-order chi connectivity index (χ0) is 27.8. The van der Waals surface area contributed by atoms with Crippen molar-refractivity contribution in [2.75, 3.05) is 6.54 Å². The highest BCUT2D eigenvalue weighted by Crippen LogP contribution is 2.29. The number of aryl methyl sites for hydroxylation is 2. The monoisotopic (exact) mass is 507 g/mol. The van der Waals surface area contributed by atoms with Gasteiger partial charge in [0.25, 0.3) is 0 Å². The second kappa shape index (κ2) is 13.1. The van der Waals surface area contributed by atoms with E-state index in [-0.39, 0.29) is 24.9 Å². The zero-order valence-electron chi connectivity index (χ0n) is 23.1. The average Bonchev–Trinajstić information content (AvgIpc) is 2.78. The predicted molar refractivity (Wildman–Crippen MR) is 147 cm³/mol. The first-order valence-corrected chi connectivity index (χ1v) is 12.6. The highest BCUT2D eigenvalue weighted by molar-refractivity contribution is 5.93. The van der Waals surface area contributed by atoms with E-state index in [1.165, 1.54) is 4.90 Å². The normalized spacial score (nSPS) is 12.9. The SMILES string of the molecule is C=CCN(C(=O)C(Cc1ccccc1)NC(=O)OC(C)(C)C)C(C(=O)NC(C)C)c1c(C)cccc1C. The van der Waals surface area contributed by atoms with Crippen molar-refractivity contribution < 1.29 is 19.1 Å². The van der Waals surface area contributed by atoms with Gasteiger partial charge in [0.15, 0.2) is 0 Å². The Balaban J connectivity index is 2.58. The van der Waals surface area contributed by atoms with Crippen molar-refractivity contribution in [3.8, 4) is 0 Å². The molecule has 3 amide bonds. The number of benzene rings is 2. The minimum atomic E-state index is -0.962. The smallest absolute Gasteiger partial charge is 0.408 e. The van der Waals surface area contributed by atoms with Gasteiger partial charge in [-0.2, -0.15) is 0 Å². The van der Waals surface area contributed by atoms with Gasteiger partial charge in [-0.15, -0.1) is 6.58 Å². The number of hydrogen-bond acceptors (Lipinski definition) is 4. The lowest BCUT2D eigenvalue weighted by Crippen LogP contribution is -2.54. The van der Waals surface area contributed by atoms with Crippen molar-refractivity contribution in [1.82, 2.24) is 15.5 Å². The molecule has 0 saturated heterocycles. The van der Waals surface area contributed by atoms with E-state index in [1.54, 1.807) is 26.8 Å². The third-order valence-electron chi connectivity index (χ3n) is 5.69. The van der Waals surface area contributed by atoms with Crippen LogP contribution in [0.3, 0.4) is 0 Å². The van der Waals surface area contributed by atoms with Gasteiger partial charge in [-0.3, -0.25) is 9.59 Å². The molecular weight excluding hydrogens is 466 g/mol. The number of nitrogens with zero attached hydrogens (tertiary/aromatic N) is 1. The number of amides is 3. The molecule has 7 nitrogen and oxygen atoms in total. The Labute approximate surface area is 221 Å². The molecule has 7 heteroatoms. The first-order chi connectivity index (χ1) is 17.3. The molecule has 200 valence electrons. The van der Waals surface area contributed by atoms with Gasteiger partial charge in [-0.25, -0.2) is 4.79 Å². The Hall–Kier alpha value is -3.61.